The second-order valence-corrected chi connectivity index (χ2v) is 6.31. The Labute approximate surface area is 117 Å². The van der Waals surface area contributed by atoms with Crippen molar-refractivity contribution in [3.63, 3.8) is 0 Å². The molecule has 2 amide bonds. The number of carbonyl (C=O) groups is 2. The van der Waals surface area contributed by atoms with Crippen molar-refractivity contribution in [3.8, 4) is 0 Å². The number of thiophene rings is 1. The van der Waals surface area contributed by atoms with E-state index in [1.807, 2.05) is 21.2 Å². The van der Waals surface area contributed by atoms with Crippen LogP contribution in [0.5, 0.6) is 0 Å². The molecule has 102 valence electrons. The van der Waals surface area contributed by atoms with Gasteiger partial charge in [0.25, 0.3) is 0 Å². The van der Waals surface area contributed by atoms with Crippen molar-refractivity contribution in [1.29, 1.82) is 0 Å². The van der Waals surface area contributed by atoms with Crippen LogP contribution in [-0.4, -0.2) is 47.8 Å². The first-order valence-corrected chi connectivity index (χ1v) is 7.60. The summed E-state index contributed by atoms with van der Waals surface area (Å²) in [5.74, 6) is 0.365. The van der Waals surface area contributed by atoms with E-state index in [1.54, 1.807) is 18.3 Å². The van der Waals surface area contributed by atoms with Crippen molar-refractivity contribution in [2.45, 2.75) is 25.2 Å². The van der Waals surface area contributed by atoms with Crippen LogP contribution >= 0.6 is 11.3 Å². The van der Waals surface area contributed by atoms with Gasteiger partial charge in [0.2, 0.25) is 11.8 Å². The molecule has 0 spiro atoms. The lowest BCUT2D eigenvalue weighted by molar-refractivity contribution is -0.140. The molecule has 2 aliphatic rings. The van der Waals surface area contributed by atoms with Crippen LogP contribution < -0.4 is 0 Å². The number of nitrogens with zero attached hydrogens (tertiary/aromatic N) is 2. The van der Waals surface area contributed by atoms with Crippen LogP contribution in [-0.2, 0) is 15.0 Å². The molecule has 1 aliphatic carbocycles. The van der Waals surface area contributed by atoms with Gasteiger partial charge in [-0.1, -0.05) is 6.07 Å². The summed E-state index contributed by atoms with van der Waals surface area (Å²) in [5.41, 5.74) is -0.230. The maximum atomic E-state index is 12.7. The minimum Gasteiger partial charge on any atom is -0.339 e. The zero-order valence-corrected chi connectivity index (χ0v) is 11.9. The number of rotatable bonds is 2. The summed E-state index contributed by atoms with van der Waals surface area (Å²) in [5, 5.41) is 2.04. The second-order valence-electron chi connectivity index (χ2n) is 5.36. The number of hydrogen-bond acceptors (Lipinski definition) is 3. The molecule has 5 heteroatoms. The molecule has 0 bridgehead atoms. The maximum absolute atomic E-state index is 12.7. The third kappa shape index (κ3) is 2.16. The van der Waals surface area contributed by atoms with Gasteiger partial charge in [0.15, 0.2) is 0 Å². The number of carbonyl (C=O) groups excluding carboxylic acids is 2. The molecule has 3 rings (SSSR count). The Kier molecular flexibility index (Phi) is 3.09. The Morgan fingerprint density at radius 3 is 2.26 bits per heavy atom. The van der Waals surface area contributed by atoms with Gasteiger partial charge in [-0.3, -0.25) is 9.59 Å². The molecule has 0 atom stereocenters. The van der Waals surface area contributed by atoms with Crippen LogP contribution in [0.1, 0.15) is 24.6 Å². The van der Waals surface area contributed by atoms with Crippen molar-refractivity contribution in [2.75, 3.05) is 26.2 Å². The molecule has 19 heavy (non-hydrogen) atoms. The molecular weight excluding hydrogens is 260 g/mol. The van der Waals surface area contributed by atoms with E-state index < -0.39 is 0 Å². The predicted molar refractivity (Wildman–Crippen MR) is 74.1 cm³/mol. The van der Waals surface area contributed by atoms with Crippen molar-refractivity contribution in [1.82, 2.24) is 9.80 Å². The van der Waals surface area contributed by atoms with E-state index >= 15 is 0 Å². The van der Waals surface area contributed by atoms with Crippen LogP contribution in [0.2, 0.25) is 0 Å². The van der Waals surface area contributed by atoms with Crippen molar-refractivity contribution < 1.29 is 9.59 Å². The summed E-state index contributed by atoms with van der Waals surface area (Å²) in [6, 6.07) is 4.09. The minimum absolute atomic E-state index is 0.103. The van der Waals surface area contributed by atoms with Crippen molar-refractivity contribution in [2.24, 2.45) is 0 Å². The summed E-state index contributed by atoms with van der Waals surface area (Å²) in [6.45, 7) is 4.27. The smallest absolute Gasteiger partial charge is 0.234 e. The van der Waals surface area contributed by atoms with Gasteiger partial charge < -0.3 is 9.80 Å². The van der Waals surface area contributed by atoms with E-state index in [0.29, 0.717) is 26.2 Å². The Morgan fingerprint density at radius 1 is 1.16 bits per heavy atom. The van der Waals surface area contributed by atoms with Crippen molar-refractivity contribution in [3.05, 3.63) is 22.4 Å². The Morgan fingerprint density at radius 2 is 1.79 bits per heavy atom. The molecule has 2 fully saturated rings. The molecule has 1 saturated heterocycles. The third-order valence-electron chi connectivity index (χ3n) is 4.16. The molecule has 1 aromatic rings. The molecule has 4 nitrogen and oxygen atoms in total. The molecule has 2 heterocycles. The Hall–Kier alpha value is -1.36. The number of piperazine rings is 1. The van der Waals surface area contributed by atoms with E-state index in [4.69, 9.17) is 0 Å². The molecule has 0 aromatic carbocycles. The Balaban J connectivity index is 1.68. The molecule has 0 radical (unpaired) electrons. The molecule has 1 aromatic heterocycles. The molecule has 1 saturated carbocycles. The highest BCUT2D eigenvalue weighted by molar-refractivity contribution is 7.10. The van der Waals surface area contributed by atoms with E-state index in [1.165, 1.54) is 4.88 Å². The van der Waals surface area contributed by atoms with Gasteiger partial charge in [0, 0.05) is 38.0 Å². The second kappa shape index (κ2) is 4.63. The lowest BCUT2D eigenvalue weighted by Gasteiger charge is -2.36. The average molecular weight is 278 g/mol. The maximum Gasteiger partial charge on any atom is 0.234 e. The Bertz CT molecular complexity index is 486. The minimum atomic E-state index is -0.230. The van der Waals surface area contributed by atoms with Gasteiger partial charge >= 0.3 is 0 Å². The summed E-state index contributed by atoms with van der Waals surface area (Å²) in [7, 11) is 0. The SMILES string of the molecule is CC(=O)N1CCN(C(=O)C2(c3cccs3)CC2)CC1. The van der Waals surface area contributed by atoms with Gasteiger partial charge in [-0.15, -0.1) is 11.3 Å². The molecule has 0 unspecified atom stereocenters. The van der Waals surface area contributed by atoms with Gasteiger partial charge in [0.1, 0.15) is 0 Å². The summed E-state index contributed by atoms with van der Waals surface area (Å²) < 4.78 is 0. The van der Waals surface area contributed by atoms with E-state index in [-0.39, 0.29) is 17.2 Å². The number of amides is 2. The first-order valence-electron chi connectivity index (χ1n) is 6.72. The van der Waals surface area contributed by atoms with E-state index in [2.05, 4.69) is 6.07 Å². The summed E-state index contributed by atoms with van der Waals surface area (Å²) in [6.07, 6.45) is 1.94. The van der Waals surface area contributed by atoms with Crippen LogP contribution in [0.15, 0.2) is 17.5 Å². The lowest BCUT2D eigenvalue weighted by Crippen LogP contribution is -2.52. The first kappa shape index (κ1) is 12.7. The van der Waals surface area contributed by atoms with Crippen LogP contribution in [0, 0.1) is 0 Å². The monoisotopic (exact) mass is 278 g/mol. The number of hydrogen-bond donors (Lipinski definition) is 0. The summed E-state index contributed by atoms with van der Waals surface area (Å²) >= 11 is 1.68. The molecule has 0 N–H and O–H groups in total. The standard InChI is InChI=1S/C14H18N2O2S/c1-11(17)15-6-8-16(9-7-15)13(18)14(4-5-14)12-3-2-10-19-12/h2-3,10H,4-9H2,1H3. The highest BCUT2D eigenvalue weighted by Gasteiger charge is 2.53. The van der Waals surface area contributed by atoms with Gasteiger partial charge in [0.05, 0.1) is 5.41 Å². The fourth-order valence-electron chi connectivity index (χ4n) is 2.77. The normalized spacial score (nSPS) is 21.3. The van der Waals surface area contributed by atoms with Crippen LogP contribution in [0.4, 0.5) is 0 Å². The fraction of sp³-hybridized carbons (Fsp3) is 0.571. The topological polar surface area (TPSA) is 40.6 Å². The highest BCUT2D eigenvalue weighted by atomic mass is 32.1. The average Bonchev–Trinajstić information content (AvgIpc) is 3.05. The zero-order valence-electron chi connectivity index (χ0n) is 11.1. The lowest BCUT2D eigenvalue weighted by atomic mass is 10.0. The summed E-state index contributed by atoms with van der Waals surface area (Å²) in [4.78, 5) is 28.9. The predicted octanol–water partition coefficient (Wildman–Crippen LogP) is 1.47. The largest absolute Gasteiger partial charge is 0.339 e. The first-order chi connectivity index (χ1) is 9.13. The van der Waals surface area contributed by atoms with Crippen LogP contribution in [0.25, 0.3) is 0 Å². The van der Waals surface area contributed by atoms with E-state index in [0.717, 1.165) is 12.8 Å². The quantitative estimate of drug-likeness (QED) is 0.822. The van der Waals surface area contributed by atoms with E-state index in [9.17, 15) is 9.59 Å². The van der Waals surface area contributed by atoms with Gasteiger partial charge in [-0.25, -0.2) is 0 Å². The van der Waals surface area contributed by atoms with Crippen molar-refractivity contribution >= 4 is 23.2 Å². The third-order valence-corrected chi connectivity index (χ3v) is 5.24. The fourth-order valence-corrected chi connectivity index (χ4v) is 3.75. The highest BCUT2D eigenvalue weighted by Crippen LogP contribution is 2.51. The van der Waals surface area contributed by atoms with Gasteiger partial charge in [-0.2, -0.15) is 0 Å². The van der Waals surface area contributed by atoms with Crippen LogP contribution in [0.3, 0.4) is 0 Å². The molecular formula is C14H18N2O2S. The molecule has 1 aliphatic heterocycles. The zero-order chi connectivity index (χ0) is 13.5. The van der Waals surface area contributed by atoms with Gasteiger partial charge in [-0.05, 0) is 24.3 Å².